The first-order chi connectivity index (χ1) is 11.9. The normalized spacial score (nSPS) is 10.0. The summed E-state index contributed by atoms with van der Waals surface area (Å²) in [7, 11) is 0. The van der Waals surface area contributed by atoms with E-state index in [1.165, 1.54) is 17.9 Å². The second-order valence-corrected chi connectivity index (χ2v) is 6.10. The van der Waals surface area contributed by atoms with E-state index in [0.29, 0.717) is 27.0 Å². The minimum absolute atomic E-state index is 0.0787. The highest BCUT2D eigenvalue weighted by Gasteiger charge is 2.14. The Labute approximate surface area is 155 Å². The molecule has 25 heavy (non-hydrogen) atoms. The Morgan fingerprint density at radius 3 is 2.60 bits per heavy atom. The third-order valence-corrected chi connectivity index (χ3v) is 3.98. The molecule has 0 aliphatic carbocycles. The van der Waals surface area contributed by atoms with Crippen molar-refractivity contribution in [3.8, 4) is 6.07 Å². The number of carbonyl (C=O) groups is 2. The molecule has 0 radical (unpaired) electrons. The van der Waals surface area contributed by atoms with E-state index in [2.05, 4.69) is 5.32 Å². The maximum absolute atomic E-state index is 12.1. The summed E-state index contributed by atoms with van der Waals surface area (Å²) in [5.41, 5.74) is 1.47. The van der Waals surface area contributed by atoms with Crippen LogP contribution in [0.4, 0.5) is 11.4 Å². The van der Waals surface area contributed by atoms with Crippen LogP contribution in [-0.4, -0.2) is 18.4 Å². The fourth-order valence-corrected chi connectivity index (χ4v) is 2.68. The van der Waals surface area contributed by atoms with Crippen molar-refractivity contribution in [1.29, 1.82) is 5.26 Å². The molecule has 2 amide bonds. The quantitative estimate of drug-likeness (QED) is 0.848. The number of anilines is 2. The lowest BCUT2D eigenvalue weighted by atomic mass is 10.2. The first-order valence-corrected chi connectivity index (χ1v) is 8.19. The Morgan fingerprint density at radius 1 is 1.20 bits per heavy atom. The molecule has 128 valence electrons. The molecule has 1 N–H and O–H groups in total. The fourth-order valence-electron chi connectivity index (χ4n) is 2.23. The summed E-state index contributed by atoms with van der Waals surface area (Å²) in [5, 5.41) is 12.5. The van der Waals surface area contributed by atoms with Gasteiger partial charge in [-0.15, -0.1) is 0 Å². The van der Waals surface area contributed by atoms with E-state index >= 15 is 0 Å². The van der Waals surface area contributed by atoms with Gasteiger partial charge in [0.15, 0.2) is 0 Å². The summed E-state index contributed by atoms with van der Waals surface area (Å²) in [4.78, 5) is 25.5. The van der Waals surface area contributed by atoms with Crippen LogP contribution in [0.15, 0.2) is 42.5 Å². The predicted molar refractivity (Wildman–Crippen MR) is 98.9 cm³/mol. The average molecular weight is 376 g/mol. The van der Waals surface area contributed by atoms with Crippen molar-refractivity contribution in [2.24, 2.45) is 0 Å². The Balaban J connectivity index is 2.04. The van der Waals surface area contributed by atoms with Crippen LogP contribution in [0, 0.1) is 11.3 Å². The number of hydrogen-bond donors (Lipinski definition) is 1. The van der Waals surface area contributed by atoms with Gasteiger partial charge in [0.1, 0.15) is 0 Å². The van der Waals surface area contributed by atoms with Crippen molar-refractivity contribution < 1.29 is 9.59 Å². The van der Waals surface area contributed by atoms with Gasteiger partial charge in [-0.2, -0.15) is 5.26 Å². The highest BCUT2D eigenvalue weighted by molar-refractivity contribution is 6.36. The van der Waals surface area contributed by atoms with E-state index in [1.54, 1.807) is 36.4 Å². The number of carbonyl (C=O) groups excluding carboxylic acids is 2. The van der Waals surface area contributed by atoms with Gasteiger partial charge in [-0.1, -0.05) is 29.3 Å². The van der Waals surface area contributed by atoms with E-state index in [0.717, 1.165) is 0 Å². The molecule has 5 nitrogen and oxygen atoms in total. The van der Waals surface area contributed by atoms with Crippen LogP contribution >= 0.6 is 23.2 Å². The van der Waals surface area contributed by atoms with Gasteiger partial charge >= 0.3 is 0 Å². The van der Waals surface area contributed by atoms with Gasteiger partial charge in [-0.25, -0.2) is 0 Å². The molecule has 2 rings (SSSR count). The summed E-state index contributed by atoms with van der Waals surface area (Å²) >= 11 is 11.8. The van der Waals surface area contributed by atoms with E-state index in [1.807, 2.05) is 6.07 Å². The summed E-state index contributed by atoms with van der Waals surface area (Å²) in [6.07, 6.45) is 0.0787. The van der Waals surface area contributed by atoms with Crippen LogP contribution in [0.25, 0.3) is 0 Å². The number of halogens is 2. The van der Waals surface area contributed by atoms with E-state index in [9.17, 15) is 9.59 Å². The van der Waals surface area contributed by atoms with Crippen molar-refractivity contribution in [2.45, 2.75) is 13.3 Å². The van der Waals surface area contributed by atoms with Crippen molar-refractivity contribution in [3.63, 3.8) is 0 Å². The molecule has 0 heterocycles. The third-order valence-electron chi connectivity index (χ3n) is 3.43. The van der Waals surface area contributed by atoms with Crippen molar-refractivity contribution in [2.75, 3.05) is 16.8 Å². The van der Waals surface area contributed by atoms with Gasteiger partial charge in [-0.3, -0.25) is 9.59 Å². The van der Waals surface area contributed by atoms with Crippen molar-refractivity contribution >= 4 is 46.4 Å². The predicted octanol–water partition coefficient (Wildman–Crippen LogP) is 4.25. The standard InChI is InChI=1S/C18H15Cl2N3O2/c1-12(24)23(15-4-2-3-13(9-15)11-21)8-7-18(25)22-17-6-5-14(19)10-16(17)20/h2-6,9-10H,7-8H2,1H3,(H,22,25). The van der Waals surface area contributed by atoms with Crippen LogP contribution in [0.5, 0.6) is 0 Å². The Bertz CT molecular complexity index is 846. The second kappa shape index (κ2) is 8.52. The van der Waals surface area contributed by atoms with Crippen molar-refractivity contribution in [3.05, 3.63) is 58.1 Å². The molecule has 7 heteroatoms. The fraction of sp³-hybridized carbons (Fsp3) is 0.167. The molecule has 0 spiro atoms. The maximum Gasteiger partial charge on any atom is 0.226 e. The largest absolute Gasteiger partial charge is 0.325 e. The monoisotopic (exact) mass is 375 g/mol. The van der Waals surface area contributed by atoms with Crippen LogP contribution in [0.2, 0.25) is 10.0 Å². The molecule has 0 aromatic heterocycles. The summed E-state index contributed by atoms with van der Waals surface area (Å²) in [5.74, 6) is -0.501. The number of nitrogens with one attached hydrogen (secondary N) is 1. The minimum atomic E-state index is -0.285. The van der Waals surface area contributed by atoms with Gasteiger partial charge in [0, 0.05) is 30.6 Å². The van der Waals surface area contributed by atoms with Gasteiger partial charge < -0.3 is 10.2 Å². The number of amides is 2. The number of benzene rings is 2. The number of hydrogen-bond acceptors (Lipinski definition) is 3. The molecule has 2 aromatic rings. The zero-order chi connectivity index (χ0) is 18.4. The molecule has 0 bridgehead atoms. The molecule has 0 aliphatic rings. The molecular formula is C18H15Cl2N3O2. The average Bonchev–Trinajstić information content (AvgIpc) is 2.57. The molecular weight excluding hydrogens is 361 g/mol. The van der Waals surface area contributed by atoms with E-state index in [-0.39, 0.29) is 24.8 Å². The first-order valence-electron chi connectivity index (χ1n) is 7.44. The molecule has 0 atom stereocenters. The SMILES string of the molecule is CC(=O)N(CCC(=O)Nc1ccc(Cl)cc1Cl)c1cccc(C#N)c1. The number of nitriles is 1. The maximum atomic E-state index is 12.1. The lowest BCUT2D eigenvalue weighted by Crippen LogP contribution is -2.32. The highest BCUT2D eigenvalue weighted by Crippen LogP contribution is 2.25. The number of rotatable bonds is 5. The Kier molecular flexibility index (Phi) is 6.40. The Morgan fingerprint density at radius 2 is 1.96 bits per heavy atom. The first kappa shape index (κ1) is 18.8. The zero-order valence-electron chi connectivity index (χ0n) is 13.4. The lowest BCUT2D eigenvalue weighted by molar-refractivity contribution is -0.117. The number of nitrogens with zero attached hydrogens (tertiary/aromatic N) is 2. The topological polar surface area (TPSA) is 73.2 Å². The van der Waals surface area contributed by atoms with Gasteiger partial charge in [0.25, 0.3) is 0 Å². The van der Waals surface area contributed by atoms with Gasteiger partial charge in [0.2, 0.25) is 11.8 Å². The smallest absolute Gasteiger partial charge is 0.226 e. The van der Waals surface area contributed by atoms with Crippen LogP contribution in [0.1, 0.15) is 18.9 Å². The summed E-state index contributed by atoms with van der Waals surface area (Å²) in [6, 6.07) is 13.5. The lowest BCUT2D eigenvalue weighted by Gasteiger charge is -2.21. The van der Waals surface area contributed by atoms with Gasteiger partial charge in [0.05, 0.1) is 22.3 Å². The third kappa shape index (κ3) is 5.21. The molecule has 0 aliphatic heterocycles. The van der Waals surface area contributed by atoms with E-state index < -0.39 is 0 Å². The summed E-state index contributed by atoms with van der Waals surface area (Å²) in [6.45, 7) is 1.59. The minimum Gasteiger partial charge on any atom is -0.325 e. The van der Waals surface area contributed by atoms with Gasteiger partial charge in [-0.05, 0) is 36.4 Å². The van der Waals surface area contributed by atoms with Crippen LogP contribution < -0.4 is 10.2 Å². The van der Waals surface area contributed by atoms with Crippen molar-refractivity contribution in [1.82, 2.24) is 0 Å². The second-order valence-electron chi connectivity index (χ2n) is 5.26. The molecule has 2 aromatic carbocycles. The van der Waals surface area contributed by atoms with Crippen LogP contribution in [-0.2, 0) is 9.59 Å². The molecule has 0 saturated heterocycles. The molecule has 0 unspecified atom stereocenters. The Hall–Kier alpha value is -2.55. The molecule has 0 fully saturated rings. The molecule has 0 saturated carbocycles. The zero-order valence-corrected chi connectivity index (χ0v) is 14.9. The van der Waals surface area contributed by atoms with E-state index in [4.69, 9.17) is 28.5 Å². The van der Waals surface area contributed by atoms with Crippen LogP contribution in [0.3, 0.4) is 0 Å². The highest BCUT2D eigenvalue weighted by atomic mass is 35.5. The summed E-state index contributed by atoms with van der Waals surface area (Å²) < 4.78 is 0.